The van der Waals surface area contributed by atoms with E-state index in [0.717, 1.165) is 0 Å². The molecule has 0 radical (unpaired) electrons. The molecule has 20 heavy (non-hydrogen) atoms. The third kappa shape index (κ3) is 5.16. The van der Waals surface area contributed by atoms with Crippen molar-refractivity contribution >= 4 is 23.6 Å². The van der Waals surface area contributed by atoms with Gasteiger partial charge >= 0.3 is 12.0 Å². The van der Waals surface area contributed by atoms with Crippen LogP contribution in [0.25, 0.3) is 0 Å². The molecule has 0 fully saturated rings. The van der Waals surface area contributed by atoms with E-state index in [2.05, 4.69) is 5.32 Å². The summed E-state index contributed by atoms with van der Waals surface area (Å²) in [6.45, 7) is 1.46. The van der Waals surface area contributed by atoms with E-state index >= 15 is 0 Å². The van der Waals surface area contributed by atoms with E-state index in [4.69, 9.17) is 27.3 Å². The van der Waals surface area contributed by atoms with Crippen molar-refractivity contribution in [3.8, 4) is 6.07 Å². The zero-order valence-corrected chi connectivity index (χ0v) is 11.6. The van der Waals surface area contributed by atoms with Crippen LogP contribution in [0, 0.1) is 11.3 Å². The summed E-state index contributed by atoms with van der Waals surface area (Å²) in [6.07, 6.45) is -0.974. The van der Waals surface area contributed by atoms with Crippen molar-refractivity contribution in [3.63, 3.8) is 0 Å². The second kappa shape index (κ2) is 7.36. The molecule has 0 heterocycles. The Hall–Kier alpha value is -2.26. The van der Waals surface area contributed by atoms with Gasteiger partial charge in [0.25, 0.3) is 0 Å². The topological polar surface area (TPSA) is 105 Å². The van der Waals surface area contributed by atoms with Gasteiger partial charge in [0.2, 0.25) is 0 Å². The van der Waals surface area contributed by atoms with Crippen LogP contribution in [0.15, 0.2) is 24.3 Å². The summed E-state index contributed by atoms with van der Waals surface area (Å²) < 4.78 is 4.84. The van der Waals surface area contributed by atoms with Crippen molar-refractivity contribution < 1.29 is 14.3 Å². The van der Waals surface area contributed by atoms with E-state index in [1.165, 1.54) is 6.92 Å². The predicted octanol–water partition coefficient (Wildman–Crippen LogP) is 1.89. The normalized spacial score (nSPS) is 12.8. The minimum absolute atomic E-state index is 0.128. The summed E-state index contributed by atoms with van der Waals surface area (Å²) >= 11 is 5.78. The molecule has 0 bridgehead atoms. The molecule has 1 rings (SSSR count). The molecule has 0 saturated carbocycles. The Bertz CT molecular complexity index is 525. The molecule has 106 valence electrons. The van der Waals surface area contributed by atoms with Crippen molar-refractivity contribution in [2.45, 2.75) is 25.5 Å². The molecular weight excluding hydrogens is 282 g/mol. The first-order chi connectivity index (χ1) is 9.42. The molecule has 0 saturated heterocycles. The third-order valence-corrected chi connectivity index (χ3v) is 2.70. The number of hydrogen-bond acceptors (Lipinski definition) is 4. The quantitative estimate of drug-likeness (QED) is 0.809. The van der Waals surface area contributed by atoms with Gasteiger partial charge in [-0.25, -0.2) is 4.79 Å². The Morgan fingerprint density at radius 2 is 2.05 bits per heavy atom. The molecule has 2 atom stereocenters. The molecule has 7 heteroatoms. The Morgan fingerprint density at radius 3 is 2.55 bits per heavy atom. The number of benzene rings is 1. The van der Waals surface area contributed by atoms with Crippen LogP contribution in [0.4, 0.5) is 4.79 Å². The second-order valence-corrected chi connectivity index (χ2v) is 4.51. The van der Waals surface area contributed by atoms with Crippen molar-refractivity contribution in [1.29, 1.82) is 5.26 Å². The summed E-state index contributed by atoms with van der Waals surface area (Å²) in [5, 5.41) is 11.6. The lowest BCUT2D eigenvalue weighted by molar-refractivity contribution is -0.146. The van der Waals surface area contributed by atoms with Crippen molar-refractivity contribution in [3.05, 3.63) is 34.9 Å². The predicted molar refractivity (Wildman–Crippen MR) is 72.7 cm³/mol. The SMILES string of the molecule is C[C@@H](C#N)OC(=O)C[C@H](NC(N)=O)c1ccc(Cl)cc1. The van der Waals surface area contributed by atoms with E-state index in [1.54, 1.807) is 30.3 Å². The maximum absolute atomic E-state index is 11.7. The minimum atomic E-state index is -0.845. The van der Waals surface area contributed by atoms with Crippen LogP contribution in [0.2, 0.25) is 5.02 Å². The van der Waals surface area contributed by atoms with Gasteiger partial charge in [-0.1, -0.05) is 23.7 Å². The largest absolute Gasteiger partial charge is 0.447 e. The Balaban J connectivity index is 2.80. The second-order valence-electron chi connectivity index (χ2n) is 4.08. The summed E-state index contributed by atoms with van der Waals surface area (Å²) in [4.78, 5) is 22.6. The average Bonchev–Trinajstić information content (AvgIpc) is 2.38. The maximum atomic E-state index is 11.7. The first-order valence-electron chi connectivity index (χ1n) is 5.83. The third-order valence-electron chi connectivity index (χ3n) is 2.45. The number of nitrogens with two attached hydrogens (primary N) is 1. The highest BCUT2D eigenvalue weighted by Crippen LogP contribution is 2.20. The van der Waals surface area contributed by atoms with E-state index in [-0.39, 0.29) is 6.42 Å². The molecular formula is C13H14ClN3O3. The van der Waals surface area contributed by atoms with E-state index < -0.39 is 24.1 Å². The van der Waals surface area contributed by atoms with E-state index in [9.17, 15) is 9.59 Å². The number of amides is 2. The number of carbonyl (C=O) groups is 2. The van der Waals surface area contributed by atoms with Crippen LogP contribution in [0.3, 0.4) is 0 Å². The van der Waals surface area contributed by atoms with Gasteiger partial charge in [-0.3, -0.25) is 4.79 Å². The lowest BCUT2D eigenvalue weighted by Gasteiger charge is -2.17. The van der Waals surface area contributed by atoms with Gasteiger partial charge in [0, 0.05) is 5.02 Å². The minimum Gasteiger partial charge on any atom is -0.447 e. The Kier molecular flexibility index (Phi) is 5.81. The van der Waals surface area contributed by atoms with Crippen LogP contribution in [-0.2, 0) is 9.53 Å². The standard InChI is InChI=1S/C13H14ClN3O3/c1-8(7-15)20-12(18)6-11(17-13(16)19)9-2-4-10(14)5-3-9/h2-5,8,11H,6H2,1H3,(H3,16,17,19)/t8-,11-/m0/s1. The molecule has 1 aromatic rings. The highest BCUT2D eigenvalue weighted by molar-refractivity contribution is 6.30. The molecule has 1 aromatic carbocycles. The number of hydrogen-bond donors (Lipinski definition) is 2. The average molecular weight is 296 g/mol. The van der Waals surface area contributed by atoms with Crippen LogP contribution >= 0.6 is 11.6 Å². The number of primary amides is 1. The smallest absolute Gasteiger partial charge is 0.312 e. The van der Waals surface area contributed by atoms with Crippen molar-refractivity contribution in [2.24, 2.45) is 5.73 Å². The number of nitriles is 1. The molecule has 2 amide bonds. The van der Waals surface area contributed by atoms with Crippen LogP contribution in [0.5, 0.6) is 0 Å². The maximum Gasteiger partial charge on any atom is 0.312 e. The van der Waals surface area contributed by atoms with Gasteiger partial charge in [-0.05, 0) is 24.6 Å². The van der Waals surface area contributed by atoms with E-state index in [0.29, 0.717) is 10.6 Å². The summed E-state index contributed by atoms with van der Waals surface area (Å²) in [5.74, 6) is -0.604. The Morgan fingerprint density at radius 1 is 1.45 bits per heavy atom. The molecule has 0 spiro atoms. The first kappa shape index (κ1) is 15.8. The number of nitrogens with one attached hydrogen (secondary N) is 1. The fourth-order valence-electron chi connectivity index (χ4n) is 1.56. The molecule has 0 aliphatic heterocycles. The molecule has 0 aliphatic carbocycles. The van der Waals surface area contributed by atoms with Gasteiger partial charge in [0.15, 0.2) is 6.10 Å². The summed E-state index contributed by atoms with van der Waals surface area (Å²) in [7, 11) is 0. The number of ether oxygens (including phenoxy) is 1. The van der Waals surface area contributed by atoms with Crippen LogP contribution < -0.4 is 11.1 Å². The summed E-state index contributed by atoms with van der Waals surface area (Å²) in [5.41, 5.74) is 5.74. The molecule has 3 N–H and O–H groups in total. The number of halogens is 1. The summed E-state index contributed by atoms with van der Waals surface area (Å²) in [6, 6.07) is 7.00. The number of rotatable bonds is 5. The highest BCUT2D eigenvalue weighted by atomic mass is 35.5. The van der Waals surface area contributed by atoms with Crippen LogP contribution in [-0.4, -0.2) is 18.1 Å². The van der Waals surface area contributed by atoms with Crippen molar-refractivity contribution in [1.82, 2.24) is 5.32 Å². The fourth-order valence-corrected chi connectivity index (χ4v) is 1.68. The number of urea groups is 1. The number of nitrogens with zero attached hydrogens (tertiary/aromatic N) is 1. The molecule has 6 nitrogen and oxygen atoms in total. The Labute approximate surface area is 121 Å². The van der Waals surface area contributed by atoms with E-state index in [1.807, 2.05) is 0 Å². The lowest BCUT2D eigenvalue weighted by atomic mass is 10.0. The zero-order valence-electron chi connectivity index (χ0n) is 10.8. The first-order valence-corrected chi connectivity index (χ1v) is 6.20. The number of carbonyl (C=O) groups excluding carboxylic acids is 2. The monoisotopic (exact) mass is 295 g/mol. The molecule has 0 unspecified atom stereocenters. The van der Waals surface area contributed by atoms with Gasteiger partial charge in [0.05, 0.1) is 12.5 Å². The lowest BCUT2D eigenvalue weighted by Crippen LogP contribution is -2.35. The highest BCUT2D eigenvalue weighted by Gasteiger charge is 2.19. The van der Waals surface area contributed by atoms with Gasteiger partial charge in [-0.2, -0.15) is 5.26 Å². The molecule has 0 aliphatic rings. The molecule has 0 aromatic heterocycles. The van der Waals surface area contributed by atoms with Crippen LogP contribution in [0.1, 0.15) is 24.9 Å². The fraction of sp³-hybridized carbons (Fsp3) is 0.308. The van der Waals surface area contributed by atoms with Gasteiger partial charge in [0.1, 0.15) is 6.07 Å². The number of esters is 1. The zero-order chi connectivity index (χ0) is 15.1. The van der Waals surface area contributed by atoms with Crippen molar-refractivity contribution in [2.75, 3.05) is 0 Å². The van der Waals surface area contributed by atoms with Gasteiger partial charge < -0.3 is 15.8 Å². The van der Waals surface area contributed by atoms with Gasteiger partial charge in [-0.15, -0.1) is 0 Å².